The average Bonchev–Trinajstić information content (AvgIpc) is 2.98. The van der Waals surface area contributed by atoms with Gasteiger partial charge in [-0.1, -0.05) is 24.3 Å². The minimum atomic E-state index is -0.345. The highest BCUT2D eigenvalue weighted by Crippen LogP contribution is 2.36. The van der Waals surface area contributed by atoms with Crippen LogP contribution in [-0.2, 0) is 0 Å². The average molecular weight is 340 g/mol. The third-order valence-electron chi connectivity index (χ3n) is 3.95. The molecule has 1 aromatic heterocycles. The van der Waals surface area contributed by atoms with Crippen molar-refractivity contribution in [2.24, 2.45) is 0 Å². The number of ether oxygens (including phenoxy) is 1. The first kappa shape index (κ1) is 16.9. The van der Waals surface area contributed by atoms with Crippen LogP contribution in [0.3, 0.4) is 0 Å². The van der Waals surface area contributed by atoms with Gasteiger partial charge in [0, 0.05) is 29.9 Å². The van der Waals surface area contributed by atoms with Gasteiger partial charge in [-0.25, -0.2) is 4.79 Å². The van der Waals surface area contributed by atoms with Crippen LogP contribution in [0.1, 0.15) is 0 Å². The zero-order valence-electron chi connectivity index (χ0n) is 14.0. The third-order valence-corrected chi connectivity index (χ3v) is 3.95. The van der Waals surface area contributed by atoms with Gasteiger partial charge in [0.05, 0.1) is 19.4 Å². The van der Waals surface area contributed by atoms with Crippen molar-refractivity contribution in [3.63, 3.8) is 0 Å². The van der Waals surface area contributed by atoms with E-state index in [1.54, 1.807) is 19.3 Å². The molecule has 2 N–H and O–H groups in total. The number of hydrogen-bond donors (Lipinski definition) is 2. The van der Waals surface area contributed by atoms with E-state index in [4.69, 9.17) is 14.3 Å². The summed E-state index contributed by atoms with van der Waals surface area (Å²) in [5.74, 6) is 0.537. The molecule has 3 rings (SSSR count). The van der Waals surface area contributed by atoms with Gasteiger partial charge >= 0.3 is 6.03 Å². The Morgan fingerprint density at radius 3 is 2.84 bits per heavy atom. The van der Waals surface area contributed by atoms with E-state index in [2.05, 4.69) is 11.9 Å². The third kappa shape index (κ3) is 3.29. The van der Waals surface area contributed by atoms with Gasteiger partial charge in [-0.15, -0.1) is 6.58 Å². The monoisotopic (exact) mass is 340 g/mol. The summed E-state index contributed by atoms with van der Waals surface area (Å²) >= 11 is 0. The van der Waals surface area contributed by atoms with Crippen LogP contribution >= 0.6 is 0 Å². The maximum Gasteiger partial charge on any atom is 0.322 e. The quantitative estimate of drug-likeness (QED) is 0.672. The minimum Gasteiger partial charge on any atom is -0.495 e. The summed E-state index contributed by atoms with van der Waals surface area (Å²) in [5.41, 5.74) is 1.94. The summed E-state index contributed by atoms with van der Waals surface area (Å²) in [5, 5.41) is 13.8. The van der Waals surface area contributed by atoms with E-state index in [9.17, 15) is 4.79 Å². The Hall–Kier alpha value is -2.99. The fourth-order valence-electron chi connectivity index (χ4n) is 2.76. The molecular formula is C19H20N2O4. The van der Waals surface area contributed by atoms with Gasteiger partial charge in [0.1, 0.15) is 16.9 Å². The fraction of sp³-hybridized carbons (Fsp3) is 0.211. The van der Waals surface area contributed by atoms with E-state index in [0.717, 1.165) is 16.4 Å². The van der Waals surface area contributed by atoms with Crippen LogP contribution in [0.15, 0.2) is 53.5 Å². The highest BCUT2D eigenvalue weighted by Gasteiger charge is 2.17. The number of methoxy groups -OCH3 is 1. The second-order valence-electron chi connectivity index (χ2n) is 5.54. The van der Waals surface area contributed by atoms with Gasteiger partial charge in [-0.2, -0.15) is 0 Å². The highest BCUT2D eigenvalue weighted by atomic mass is 16.5. The lowest BCUT2D eigenvalue weighted by Gasteiger charge is -2.21. The Balaban J connectivity index is 1.98. The number of urea groups is 1. The molecule has 0 aliphatic carbocycles. The second kappa shape index (κ2) is 7.27. The maximum absolute atomic E-state index is 12.4. The number of rotatable bonds is 6. The predicted octanol–water partition coefficient (Wildman–Crippen LogP) is 3.61. The molecule has 0 atom stereocenters. The molecule has 130 valence electrons. The largest absolute Gasteiger partial charge is 0.495 e. The number of aliphatic hydroxyl groups excluding tert-OH is 1. The van der Waals surface area contributed by atoms with Gasteiger partial charge < -0.3 is 24.5 Å². The molecule has 0 radical (unpaired) electrons. The number of nitrogens with one attached hydrogen (secondary N) is 1. The van der Waals surface area contributed by atoms with Crippen molar-refractivity contribution < 1.29 is 19.1 Å². The van der Waals surface area contributed by atoms with E-state index in [1.807, 2.05) is 30.3 Å². The first-order valence-corrected chi connectivity index (χ1v) is 7.95. The van der Waals surface area contributed by atoms with Gasteiger partial charge in [0.2, 0.25) is 0 Å². The highest BCUT2D eigenvalue weighted by molar-refractivity contribution is 6.07. The molecule has 0 aliphatic heterocycles. The first-order valence-electron chi connectivity index (χ1n) is 7.95. The molecule has 0 bridgehead atoms. The van der Waals surface area contributed by atoms with E-state index < -0.39 is 0 Å². The normalized spacial score (nSPS) is 10.8. The molecule has 0 spiro atoms. The molecular weight excluding hydrogens is 320 g/mol. The standard InChI is InChI=1S/C19H20N2O4/c1-3-8-21(9-10-22)19(23)20-15-12-17-14(11-18(15)24-2)13-6-4-5-7-16(13)25-17/h3-7,11-12,22H,1,8-10H2,2H3,(H,20,23). The summed E-state index contributed by atoms with van der Waals surface area (Å²) in [7, 11) is 1.55. The molecule has 0 unspecified atom stereocenters. The smallest absolute Gasteiger partial charge is 0.322 e. The summed E-state index contributed by atoms with van der Waals surface area (Å²) in [4.78, 5) is 13.9. The fourth-order valence-corrected chi connectivity index (χ4v) is 2.76. The van der Waals surface area contributed by atoms with Gasteiger partial charge in [-0.3, -0.25) is 0 Å². The number of nitrogens with zero attached hydrogens (tertiary/aromatic N) is 1. The van der Waals surface area contributed by atoms with Crippen LogP contribution in [0.4, 0.5) is 10.5 Å². The van der Waals surface area contributed by atoms with E-state index in [1.165, 1.54) is 4.90 Å². The van der Waals surface area contributed by atoms with E-state index in [0.29, 0.717) is 23.6 Å². The van der Waals surface area contributed by atoms with Crippen molar-refractivity contribution in [3.05, 3.63) is 49.1 Å². The topological polar surface area (TPSA) is 74.9 Å². The number of carbonyl (C=O) groups excluding carboxylic acids is 1. The lowest BCUT2D eigenvalue weighted by Crippen LogP contribution is -2.37. The summed E-state index contributed by atoms with van der Waals surface area (Å²) in [6.45, 7) is 4.05. The maximum atomic E-state index is 12.4. The number of benzene rings is 2. The number of aliphatic hydroxyl groups is 1. The van der Waals surface area contributed by atoms with Crippen molar-refractivity contribution in [2.75, 3.05) is 32.1 Å². The van der Waals surface area contributed by atoms with Crippen molar-refractivity contribution >= 4 is 33.7 Å². The van der Waals surface area contributed by atoms with Gasteiger partial charge in [0.25, 0.3) is 0 Å². The molecule has 3 aromatic rings. The Morgan fingerprint density at radius 1 is 1.32 bits per heavy atom. The molecule has 25 heavy (non-hydrogen) atoms. The van der Waals surface area contributed by atoms with E-state index in [-0.39, 0.29) is 19.2 Å². The molecule has 0 saturated heterocycles. The zero-order valence-corrected chi connectivity index (χ0v) is 14.0. The summed E-state index contributed by atoms with van der Waals surface area (Å²) < 4.78 is 11.3. The molecule has 0 saturated carbocycles. The van der Waals surface area contributed by atoms with Crippen LogP contribution < -0.4 is 10.1 Å². The van der Waals surface area contributed by atoms with Crippen LogP contribution in [0.25, 0.3) is 21.9 Å². The van der Waals surface area contributed by atoms with Crippen molar-refractivity contribution in [1.29, 1.82) is 0 Å². The Bertz CT molecular complexity index is 916. The van der Waals surface area contributed by atoms with Crippen molar-refractivity contribution in [3.8, 4) is 5.75 Å². The lowest BCUT2D eigenvalue weighted by atomic mass is 10.1. The zero-order chi connectivity index (χ0) is 17.8. The SMILES string of the molecule is C=CCN(CCO)C(=O)Nc1cc2oc3ccccc3c2cc1OC. The molecule has 2 amide bonds. The van der Waals surface area contributed by atoms with Crippen LogP contribution in [0.5, 0.6) is 5.75 Å². The molecule has 6 heteroatoms. The number of hydrogen-bond acceptors (Lipinski definition) is 4. The Labute approximate surface area is 145 Å². The molecule has 1 heterocycles. The van der Waals surface area contributed by atoms with Gasteiger partial charge in [-0.05, 0) is 12.1 Å². The van der Waals surface area contributed by atoms with E-state index >= 15 is 0 Å². The molecule has 6 nitrogen and oxygen atoms in total. The van der Waals surface area contributed by atoms with Crippen molar-refractivity contribution in [1.82, 2.24) is 4.90 Å². The van der Waals surface area contributed by atoms with Crippen LogP contribution in [0.2, 0.25) is 0 Å². The van der Waals surface area contributed by atoms with Gasteiger partial charge in [0.15, 0.2) is 0 Å². The van der Waals surface area contributed by atoms with Crippen molar-refractivity contribution in [2.45, 2.75) is 0 Å². The number of amides is 2. The molecule has 0 fully saturated rings. The second-order valence-corrected chi connectivity index (χ2v) is 5.54. The van der Waals surface area contributed by atoms with Crippen LogP contribution in [0, 0.1) is 0 Å². The summed E-state index contributed by atoms with van der Waals surface area (Å²) in [6, 6.07) is 11.0. The summed E-state index contributed by atoms with van der Waals surface area (Å²) in [6.07, 6.45) is 1.61. The number of carbonyl (C=O) groups is 1. The predicted molar refractivity (Wildman–Crippen MR) is 98.1 cm³/mol. The van der Waals surface area contributed by atoms with Crippen LogP contribution in [-0.4, -0.2) is 42.8 Å². The lowest BCUT2D eigenvalue weighted by molar-refractivity contribution is 0.195. The molecule has 0 aliphatic rings. The number of fused-ring (bicyclic) bond motifs is 3. The Morgan fingerprint density at radius 2 is 2.12 bits per heavy atom. The number of furan rings is 1. The number of para-hydroxylation sites is 1. The Kier molecular flexibility index (Phi) is 4.90. The minimum absolute atomic E-state index is 0.124. The first-order chi connectivity index (χ1) is 12.2. The number of anilines is 1. The molecule has 2 aromatic carbocycles.